The summed E-state index contributed by atoms with van der Waals surface area (Å²) in [5.41, 5.74) is 1.50. The maximum atomic E-state index is 12.4. The van der Waals surface area contributed by atoms with Crippen molar-refractivity contribution in [3.05, 3.63) is 64.4 Å². The smallest absolute Gasteiger partial charge is 0.272 e. The van der Waals surface area contributed by atoms with E-state index in [2.05, 4.69) is 20.9 Å². The molecule has 1 heterocycles. The van der Waals surface area contributed by atoms with Crippen molar-refractivity contribution < 1.29 is 4.79 Å². The van der Waals surface area contributed by atoms with Crippen molar-refractivity contribution >= 4 is 33.4 Å². The van der Waals surface area contributed by atoms with Gasteiger partial charge in [0.2, 0.25) is 0 Å². The fourth-order valence-electron chi connectivity index (χ4n) is 1.82. The number of nitrogens with zero attached hydrogens (tertiary/aromatic N) is 2. The minimum absolute atomic E-state index is 0.109. The third kappa shape index (κ3) is 4.05. The first kappa shape index (κ1) is 15.0. The van der Waals surface area contributed by atoms with E-state index in [1.54, 1.807) is 17.2 Å². The van der Waals surface area contributed by atoms with Crippen LogP contribution in [0.3, 0.4) is 0 Å². The van der Waals surface area contributed by atoms with E-state index >= 15 is 0 Å². The highest BCUT2D eigenvalue weighted by molar-refractivity contribution is 9.10. The molecule has 0 radical (unpaired) electrons. The minimum atomic E-state index is -0.109. The monoisotopic (exact) mass is 352 g/mol. The summed E-state index contributed by atoms with van der Waals surface area (Å²) in [5.74, 6) is 0.289. The molecule has 1 aromatic carbocycles. The Morgan fingerprint density at radius 2 is 1.95 bits per heavy atom. The molecule has 0 aliphatic rings. The van der Waals surface area contributed by atoms with Crippen LogP contribution in [0.25, 0.3) is 0 Å². The van der Waals surface area contributed by atoms with Crippen molar-refractivity contribution in [3.8, 4) is 0 Å². The molecule has 20 heavy (non-hydrogen) atoms. The van der Waals surface area contributed by atoms with Crippen LogP contribution >= 0.6 is 27.5 Å². The van der Waals surface area contributed by atoms with Gasteiger partial charge in [-0.3, -0.25) is 4.79 Å². The molecule has 1 aromatic heterocycles. The topological polar surface area (TPSA) is 33.2 Å². The normalized spacial score (nSPS) is 10.3. The molecule has 0 unspecified atom stereocenters. The molecule has 2 rings (SSSR count). The number of hydrogen-bond acceptors (Lipinski definition) is 2. The van der Waals surface area contributed by atoms with Gasteiger partial charge in [0.1, 0.15) is 5.69 Å². The second kappa shape index (κ2) is 7.41. The van der Waals surface area contributed by atoms with Crippen LogP contribution in [-0.2, 0) is 6.54 Å². The van der Waals surface area contributed by atoms with E-state index in [0.29, 0.717) is 24.7 Å². The Hall–Kier alpha value is -1.39. The molecule has 0 aliphatic heterocycles. The zero-order valence-corrected chi connectivity index (χ0v) is 13.1. The Labute approximate surface area is 131 Å². The summed E-state index contributed by atoms with van der Waals surface area (Å²) in [6.45, 7) is 1.02. The van der Waals surface area contributed by atoms with Crippen LogP contribution in [0.1, 0.15) is 16.1 Å². The standard InChI is InChI=1S/C15H14BrClN2O/c16-13-6-7-14(18-10-13)15(20)19(9-8-17)11-12-4-2-1-3-5-12/h1-7,10H,8-9,11H2. The van der Waals surface area contributed by atoms with E-state index in [-0.39, 0.29) is 5.91 Å². The van der Waals surface area contributed by atoms with Gasteiger partial charge >= 0.3 is 0 Å². The molecule has 0 saturated carbocycles. The van der Waals surface area contributed by atoms with Crippen LogP contribution in [-0.4, -0.2) is 28.2 Å². The lowest BCUT2D eigenvalue weighted by Crippen LogP contribution is -2.32. The van der Waals surface area contributed by atoms with Gasteiger partial charge in [0.25, 0.3) is 5.91 Å². The van der Waals surface area contributed by atoms with Crippen molar-refractivity contribution in [2.45, 2.75) is 6.54 Å². The van der Waals surface area contributed by atoms with E-state index < -0.39 is 0 Å². The quantitative estimate of drug-likeness (QED) is 0.768. The molecule has 0 bridgehead atoms. The average molecular weight is 354 g/mol. The van der Waals surface area contributed by atoms with Crippen LogP contribution in [0.5, 0.6) is 0 Å². The van der Waals surface area contributed by atoms with Gasteiger partial charge in [0, 0.05) is 29.6 Å². The molecular weight excluding hydrogens is 340 g/mol. The third-order valence-corrected chi connectivity index (χ3v) is 3.44. The Morgan fingerprint density at radius 3 is 2.55 bits per heavy atom. The van der Waals surface area contributed by atoms with E-state index in [1.165, 1.54) is 0 Å². The highest BCUT2D eigenvalue weighted by Crippen LogP contribution is 2.12. The molecule has 0 aliphatic carbocycles. The largest absolute Gasteiger partial charge is 0.332 e. The number of halogens is 2. The Kier molecular flexibility index (Phi) is 5.56. The Morgan fingerprint density at radius 1 is 1.20 bits per heavy atom. The summed E-state index contributed by atoms with van der Waals surface area (Å²) < 4.78 is 0.848. The second-order valence-electron chi connectivity index (χ2n) is 4.26. The lowest BCUT2D eigenvalue weighted by molar-refractivity contribution is 0.0748. The summed E-state index contributed by atoms with van der Waals surface area (Å²) in [7, 11) is 0. The van der Waals surface area contributed by atoms with Gasteiger partial charge in [-0.05, 0) is 33.6 Å². The first-order valence-corrected chi connectivity index (χ1v) is 7.54. The van der Waals surface area contributed by atoms with Crippen LogP contribution in [0.15, 0.2) is 53.1 Å². The fourth-order valence-corrected chi connectivity index (χ4v) is 2.26. The molecule has 5 heteroatoms. The van der Waals surface area contributed by atoms with Crippen molar-refractivity contribution in [1.82, 2.24) is 9.88 Å². The molecule has 1 amide bonds. The molecule has 0 saturated heterocycles. The highest BCUT2D eigenvalue weighted by atomic mass is 79.9. The van der Waals surface area contributed by atoms with E-state index in [0.717, 1.165) is 10.0 Å². The van der Waals surface area contributed by atoms with Crippen LogP contribution < -0.4 is 0 Å². The summed E-state index contributed by atoms with van der Waals surface area (Å²) in [6.07, 6.45) is 1.62. The fraction of sp³-hybridized carbons (Fsp3) is 0.200. The van der Waals surface area contributed by atoms with Gasteiger partial charge in [-0.1, -0.05) is 30.3 Å². The predicted octanol–water partition coefficient (Wildman–Crippen LogP) is 3.73. The number of benzene rings is 1. The minimum Gasteiger partial charge on any atom is -0.332 e. The molecule has 3 nitrogen and oxygen atoms in total. The molecule has 0 N–H and O–H groups in total. The van der Waals surface area contributed by atoms with Crippen molar-refractivity contribution in [2.24, 2.45) is 0 Å². The third-order valence-electron chi connectivity index (χ3n) is 2.80. The SMILES string of the molecule is O=C(c1ccc(Br)cn1)N(CCCl)Cc1ccccc1. The second-order valence-corrected chi connectivity index (χ2v) is 5.56. The maximum absolute atomic E-state index is 12.4. The van der Waals surface area contributed by atoms with Gasteiger partial charge in [-0.15, -0.1) is 11.6 Å². The lowest BCUT2D eigenvalue weighted by atomic mass is 10.2. The van der Waals surface area contributed by atoms with Crippen molar-refractivity contribution in [1.29, 1.82) is 0 Å². The first-order chi connectivity index (χ1) is 9.70. The zero-order chi connectivity index (χ0) is 14.4. The number of amides is 1. The predicted molar refractivity (Wildman–Crippen MR) is 83.8 cm³/mol. The average Bonchev–Trinajstić information content (AvgIpc) is 2.48. The Bertz CT molecular complexity index is 560. The van der Waals surface area contributed by atoms with Gasteiger partial charge in [-0.25, -0.2) is 4.98 Å². The van der Waals surface area contributed by atoms with Crippen LogP contribution in [0.4, 0.5) is 0 Å². The summed E-state index contributed by atoms with van der Waals surface area (Å²) in [5, 5.41) is 0. The summed E-state index contributed by atoms with van der Waals surface area (Å²) in [6, 6.07) is 13.4. The maximum Gasteiger partial charge on any atom is 0.272 e. The molecular formula is C15H14BrClN2O. The van der Waals surface area contributed by atoms with Gasteiger partial charge in [-0.2, -0.15) is 0 Å². The molecule has 2 aromatic rings. The molecule has 0 spiro atoms. The molecule has 0 atom stereocenters. The Balaban J connectivity index is 2.15. The van der Waals surface area contributed by atoms with Crippen molar-refractivity contribution in [3.63, 3.8) is 0 Å². The van der Waals surface area contributed by atoms with Gasteiger partial charge < -0.3 is 4.90 Å². The van der Waals surface area contributed by atoms with Gasteiger partial charge in [0.05, 0.1) is 0 Å². The lowest BCUT2D eigenvalue weighted by Gasteiger charge is -2.21. The number of rotatable bonds is 5. The molecule has 104 valence electrons. The number of carbonyl (C=O) groups is 1. The number of pyridine rings is 1. The zero-order valence-electron chi connectivity index (χ0n) is 10.8. The van der Waals surface area contributed by atoms with Crippen LogP contribution in [0, 0.1) is 0 Å². The number of carbonyl (C=O) groups excluding carboxylic acids is 1. The first-order valence-electron chi connectivity index (χ1n) is 6.21. The number of hydrogen-bond donors (Lipinski definition) is 0. The van der Waals surface area contributed by atoms with E-state index in [4.69, 9.17) is 11.6 Å². The van der Waals surface area contributed by atoms with E-state index in [9.17, 15) is 4.79 Å². The van der Waals surface area contributed by atoms with Gasteiger partial charge in [0.15, 0.2) is 0 Å². The van der Waals surface area contributed by atoms with Crippen LogP contribution in [0.2, 0.25) is 0 Å². The highest BCUT2D eigenvalue weighted by Gasteiger charge is 2.16. The van der Waals surface area contributed by atoms with E-state index in [1.807, 2.05) is 36.4 Å². The van der Waals surface area contributed by atoms with Crippen molar-refractivity contribution in [2.75, 3.05) is 12.4 Å². The number of aromatic nitrogens is 1. The summed E-state index contributed by atoms with van der Waals surface area (Å²) >= 11 is 9.11. The molecule has 0 fully saturated rings. The number of alkyl halides is 1. The summed E-state index contributed by atoms with van der Waals surface area (Å²) in [4.78, 5) is 18.3.